The Labute approximate surface area is 417 Å². The zero-order valence-electron chi connectivity index (χ0n) is 39.9. The van der Waals surface area contributed by atoms with Crippen molar-refractivity contribution in [2.75, 3.05) is 7.11 Å². The molecule has 0 amide bonds. The first-order valence-corrected chi connectivity index (χ1v) is 24.9. The lowest BCUT2D eigenvalue weighted by atomic mass is 9.96. The maximum Gasteiger partial charge on any atom is 0.189 e. The average molecular weight is 941 g/mol. The SMILES string of the molecule is CO[C@@H]1OC(OCc2c3ccccc3cc3ccccc23)[C@@H](OCc2c3ccccc3cc3ccccc23)[C@H](OCc2c3ccccc3cc3ccccc23)C1OCc1c2ccccc2cc2ccccc12. The Morgan fingerprint density at radius 2 is 0.500 bits per heavy atom. The van der Waals surface area contributed by atoms with E-state index in [0.717, 1.165) is 108 Å². The van der Waals surface area contributed by atoms with Crippen molar-refractivity contribution in [3.63, 3.8) is 0 Å². The molecule has 0 aliphatic carbocycles. The van der Waals surface area contributed by atoms with Crippen molar-refractivity contribution in [3.05, 3.63) is 241 Å². The third-order valence-corrected chi connectivity index (χ3v) is 14.9. The van der Waals surface area contributed by atoms with E-state index in [0.29, 0.717) is 0 Å². The van der Waals surface area contributed by atoms with Gasteiger partial charge in [0.2, 0.25) is 0 Å². The monoisotopic (exact) mass is 940 g/mol. The van der Waals surface area contributed by atoms with Crippen LogP contribution in [0.5, 0.6) is 0 Å². The van der Waals surface area contributed by atoms with Crippen molar-refractivity contribution < 1.29 is 28.4 Å². The van der Waals surface area contributed by atoms with Crippen molar-refractivity contribution >= 4 is 86.2 Å². The number of ether oxygens (including phenoxy) is 6. The van der Waals surface area contributed by atoms with Crippen molar-refractivity contribution in [3.8, 4) is 0 Å². The Kier molecular flexibility index (Phi) is 11.9. The van der Waals surface area contributed by atoms with Crippen LogP contribution >= 0.6 is 0 Å². The van der Waals surface area contributed by atoms with Crippen LogP contribution in [0.25, 0.3) is 86.2 Å². The third kappa shape index (κ3) is 8.13. The lowest BCUT2D eigenvalue weighted by Gasteiger charge is -2.45. The van der Waals surface area contributed by atoms with Crippen LogP contribution in [0.4, 0.5) is 0 Å². The Morgan fingerprint density at radius 1 is 0.278 bits per heavy atom. The molecule has 13 rings (SSSR count). The zero-order valence-corrected chi connectivity index (χ0v) is 39.9. The molecule has 6 nitrogen and oxygen atoms in total. The number of hydrogen-bond acceptors (Lipinski definition) is 6. The minimum absolute atomic E-state index is 0.244. The number of fused-ring (bicyclic) bond motifs is 8. The van der Waals surface area contributed by atoms with Gasteiger partial charge in [0.05, 0.1) is 26.4 Å². The molecular formula is C66H52O6. The van der Waals surface area contributed by atoms with Crippen LogP contribution < -0.4 is 0 Å². The Morgan fingerprint density at radius 3 is 0.764 bits per heavy atom. The molecule has 12 aromatic carbocycles. The molecule has 0 bridgehead atoms. The predicted octanol–water partition coefficient (Wildman–Crippen LogP) is 15.5. The molecule has 0 saturated carbocycles. The fourth-order valence-electron chi connectivity index (χ4n) is 11.4. The van der Waals surface area contributed by atoms with Gasteiger partial charge < -0.3 is 28.4 Å². The van der Waals surface area contributed by atoms with Gasteiger partial charge in [0.1, 0.15) is 18.3 Å². The van der Waals surface area contributed by atoms with Gasteiger partial charge in [-0.05, 0) is 133 Å². The summed E-state index contributed by atoms with van der Waals surface area (Å²) in [6.07, 6.45) is -4.15. The van der Waals surface area contributed by atoms with Crippen LogP contribution in [0.2, 0.25) is 0 Å². The Bertz CT molecular complexity index is 3760. The summed E-state index contributed by atoms with van der Waals surface area (Å²) in [5, 5.41) is 18.1. The third-order valence-electron chi connectivity index (χ3n) is 14.9. The zero-order chi connectivity index (χ0) is 48.0. The second-order valence-electron chi connectivity index (χ2n) is 18.9. The highest BCUT2D eigenvalue weighted by atomic mass is 16.8. The number of hydrogen-bond donors (Lipinski definition) is 0. The van der Waals surface area contributed by atoms with Gasteiger partial charge in [-0.15, -0.1) is 0 Å². The summed E-state index contributed by atoms with van der Waals surface area (Å²) in [6.45, 7) is 1.02. The van der Waals surface area contributed by atoms with Gasteiger partial charge in [0, 0.05) is 7.11 Å². The molecule has 352 valence electrons. The number of rotatable bonds is 13. The molecule has 0 spiro atoms. The molecule has 5 atom stereocenters. The molecule has 72 heavy (non-hydrogen) atoms. The van der Waals surface area contributed by atoms with Crippen molar-refractivity contribution in [2.45, 2.75) is 57.3 Å². The molecule has 1 fully saturated rings. The first-order chi connectivity index (χ1) is 35.7. The fourth-order valence-corrected chi connectivity index (χ4v) is 11.4. The lowest BCUT2D eigenvalue weighted by molar-refractivity contribution is -0.367. The first-order valence-electron chi connectivity index (χ1n) is 24.9. The average Bonchev–Trinajstić information content (AvgIpc) is 3.43. The molecule has 0 aromatic heterocycles. The van der Waals surface area contributed by atoms with Crippen LogP contribution in [-0.4, -0.2) is 38.0 Å². The van der Waals surface area contributed by atoms with E-state index in [1.165, 1.54) is 0 Å². The smallest absolute Gasteiger partial charge is 0.189 e. The second-order valence-corrected chi connectivity index (χ2v) is 18.9. The maximum absolute atomic E-state index is 7.50. The summed E-state index contributed by atoms with van der Waals surface area (Å²) < 4.78 is 42.9. The molecule has 0 radical (unpaired) electrons. The van der Waals surface area contributed by atoms with Crippen LogP contribution in [0, 0.1) is 0 Å². The van der Waals surface area contributed by atoms with Gasteiger partial charge in [0.15, 0.2) is 12.6 Å². The van der Waals surface area contributed by atoms with E-state index in [9.17, 15) is 0 Å². The summed E-state index contributed by atoms with van der Waals surface area (Å²) in [5.41, 5.74) is 4.32. The minimum atomic E-state index is -0.943. The second kappa shape index (κ2) is 19.2. The van der Waals surface area contributed by atoms with E-state index in [1.54, 1.807) is 7.11 Å². The Balaban J connectivity index is 0.957. The maximum atomic E-state index is 7.50. The van der Waals surface area contributed by atoms with Crippen LogP contribution in [0.3, 0.4) is 0 Å². The highest BCUT2D eigenvalue weighted by molar-refractivity contribution is 6.05. The molecule has 1 aliphatic heterocycles. The van der Waals surface area contributed by atoms with Crippen LogP contribution in [-0.2, 0) is 54.8 Å². The van der Waals surface area contributed by atoms with Gasteiger partial charge in [-0.2, -0.15) is 0 Å². The molecule has 2 unspecified atom stereocenters. The number of benzene rings is 12. The summed E-state index contributed by atoms with van der Waals surface area (Å²) in [6, 6.07) is 77.1. The molecule has 1 saturated heterocycles. The van der Waals surface area contributed by atoms with Gasteiger partial charge in [0.25, 0.3) is 0 Å². The first kappa shape index (κ1) is 44.4. The minimum Gasteiger partial charge on any atom is -0.368 e. The van der Waals surface area contributed by atoms with Crippen LogP contribution in [0.15, 0.2) is 218 Å². The molecule has 0 N–H and O–H groups in total. The highest BCUT2D eigenvalue weighted by Gasteiger charge is 2.50. The topological polar surface area (TPSA) is 55.4 Å². The summed E-state index contributed by atoms with van der Waals surface area (Å²) in [7, 11) is 1.67. The molecule has 1 heterocycles. The van der Waals surface area contributed by atoms with Crippen molar-refractivity contribution in [1.82, 2.24) is 0 Å². The van der Waals surface area contributed by atoms with E-state index >= 15 is 0 Å². The van der Waals surface area contributed by atoms with E-state index in [1.807, 2.05) is 0 Å². The summed E-state index contributed by atoms with van der Waals surface area (Å²) in [5.74, 6) is 0. The van der Waals surface area contributed by atoms with E-state index in [4.69, 9.17) is 28.4 Å². The van der Waals surface area contributed by atoms with Crippen LogP contribution in [0.1, 0.15) is 22.3 Å². The van der Waals surface area contributed by atoms with Gasteiger partial charge in [-0.1, -0.05) is 194 Å². The molecular weight excluding hydrogens is 889 g/mol. The normalized spacial score (nSPS) is 18.4. The highest BCUT2D eigenvalue weighted by Crippen LogP contribution is 2.39. The predicted molar refractivity (Wildman–Crippen MR) is 292 cm³/mol. The molecule has 1 aliphatic rings. The molecule has 12 aromatic rings. The quantitative estimate of drug-likeness (QED) is 0.107. The van der Waals surface area contributed by atoms with Gasteiger partial charge in [-0.3, -0.25) is 0 Å². The van der Waals surface area contributed by atoms with Crippen molar-refractivity contribution in [1.29, 1.82) is 0 Å². The van der Waals surface area contributed by atoms with E-state index in [2.05, 4.69) is 218 Å². The van der Waals surface area contributed by atoms with Gasteiger partial charge >= 0.3 is 0 Å². The summed E-state index contributed by atoms with van der Waals surface area (Å²) in [4.78, 5) is 0. The standard InChI is InChI=1S/C66H52O6/c1-67-65-63(69-39-59-52-28-12-4-20-44(52)35-45-21-5-13-29-53(45)59)62(68-38-58-50-26-10-2-18-42(50)34-43-19-3-11-27-51(43)58)64(70-40-60-54-30-14-6-22-46(54)36-47-23-7-15-31-55(47)60)66(72-65)71-41-61-56-32-16-8-24-48(56)37-49-25-9-17-33-57(49)61/h2-37,62-66H,38-41H2,1H3/t62-,63?,64+,65-,66?/m1/s1. The summed E-state index contributed by atoms with van der Waals surface area (Å²) >= 11 is 0. The Hall–Kier alpha value is -7.52. The number of methoxy groups -OCH3 is 1. The van der Waals surface area contributed by atoms with Crippen molar-refractivity contribution in [2.24, 2.45) is 0 Å². The largest absolute Gasteiger partial charge is 0.368 e. The molecule has 6 heteroatoms. The fraction of sp³-hybridized carbons (Fsp3) is 0.152. The van der Waals surface area contributed by atoms with E-state index in [-0.39, 0.29) is 26.4 Å². The van der Waals surface area contributed by atoms with E-state index < -0.39 is 30.9 Å². The lowest BCUT2D eigenvalue weighted by Crippen LogP contribution is -2.61. The van der Waals surface area contributed by atoms with Gasteiger partial charge in [-0.25, -0.2) is 0 Å².